The van der Waals surface area contributed by atoms with Gasteiger partial charge < -0.3 is 30.3 Å². The second-order valence-electron chi connectivity index (χ2n) is 13.8. The van der Waals surface area contributed by atoms with E-state index in [4.69, 9.17) is 9.47 Å². The molecule has 10 rings (SSSR count). The summed E-state index contributed by atoms with van der Waals surface area (Å²) in [6.07, 6.45) is 2.28. The van der Waals surface area contributed by atoms with E-state index in [1.807, 2.05) is 24.6 Å². The number of anilines is 4. The molecule has 18 heteroatoms. The van der Waals surface area contributed by atoms with E-state index in [9.17, 15) is 18.0 Å². The standard InChI is InChI=1S/C21H18F3N5O2S.C18H17N5OS/c1-31-15-5-12-8-25-7-11(12)4-14(15)28-19-18-13-2-3-29(17(30)6-21(22,23)24)9-16(13)32-20(18)27-10-26-19;1-24-14-5-11-7-20-6-10(11)4-13(14)23-17-16-12-2-3-19-8-15(12)25-18(16)22-9-21-17/h4-5,7,10H,2-3,6,8-9H2,1H3,(H,26,27,28);4-6,9,19H,2-3,7-8H2,1H3,(H,21,22,23). The Hall–Kier alpha value is -5.72. The molecule has 0 spiro atoms. The summed E-state index contributed by atoms with van der Waals surface area (Å²) >= 11 is 3.12. The molecule has 0 atom stereocenters. The zero-order valence-corrected chi connectivity index (χ0v) is 32.4. The van der Waals surface area contributed by atoms with Gasteiger partial charge in [0.2, 0.25) is 5.91 Å². The van der Waals surface area contributed by atoms with Crippen molar-refractivity contribution in [3.8, 4) is 11.5 Å². The van der Waals surface area contributed by atoms with Crippen LogP contribution in [0.25, 0.3) is 20.4 Å². The fourth-order valence-corrected chi connectivity index (χ4v) is 9.90. The van der Waals surface area contributed by atoms with Crippen LogP contribution in [0.3, 0.4) is 0 Å². The van der Waals surface area contributed by atoms with Crippen LogP contribution < -0.4 is 25.4 Å². The number of nitrogens with zero attached hydrogens (tertiary/aromatic N) is 7. The average molecular weight is 813 g/mol. The predicted molar refractivity (Wildman–Crippen MR) is 215 cm³/mol. The van der Waals surface area contributed by atoms with E-state index in [0.717, 1.165) is 96.6 Å². The highest BCUT2D eigenvalue weighted by atomic mass is 32.1. The van der Waals surface area contributed by atoms with Crippen molar-refractivity contribution in [2.45, 2.75) is 51.6 Å². The van der Waals surface area contributed by atoms with Crippen LogP contribution in [-0.4, -0.2) is 76.7 Å². The summed E-state index contributed by atoms with van der Waals surface area (Å²) in [4.78, 5) is 43.7. The van der Waals surface area contributed by atoms with Gasteiger partial charge in [0, 0.05) is 35.3 Å². The maximum atomic E-state index is 12.6. The van der Waals surface area contributed by atoms with Gasteiger partial charge in [0.1, 0.15) is 51.9 Å². The van der Waals surface area contributed by atoms with Gasteiger partial charge in [-0.1, -0.05) is 0 Å². The number of hydrogen-bond donors (Lipinski definition) is 3. The molecule has 4 aliphatic heterocycles. The van der Waals surface area contributed by atoms with E-state index in [0.29, 0.717) is 24.5 Å². The van der Waals surface area contributed by atoms with Crippen molar-refractivity contribution in [1.82, 2.24) is 30.2 Å². The molecule has 292 valence electrons. The SMILES string of the molecule is COc1cc2c(cc1Nc1ncnc3sc4c(c13)CCN(C(=O)CC(F)(F)F)C4)C=NC2.COc1cc2c(cc1Nc1ncnc3sc4c(c13)CCNC4)C=NC2. The van der Waals surface area contributed by atoms with Gasteiger partial charge in [-0.2, -0.15) is 13.2 Å². The molecule has 13 nitrogen and oxygen atoms in total. The van der Waals surface area contributed by atoms with E-state index in [1.54, 1.807) is 31.9 Å². The van der Waals surface area contributed by atoms with E-state index >= 15 is 0 Å². The Bertz CT molecular complexity index is 2620. The van der Waals surface area contributed by atoms with Crippen LogP contribution in [0.2, 0.25) is 0 Å². The monoisotopic (exact) mass is 812 g/mol. The Morgan fingerprint density at radius 2 is 1.37 bits per heavy atom. The molecule has 0 bridgehead atoms. The lowest BCUT2D eigenvalue weighted by Gasteiger charge is -2.27. The first kappa shape index (κ1) is 36.9. The van der Waals surface area contributed by atoms with Gasteiger partial charge in [0.05, 0.1) is 56.0 Å². The van der Waals surface area contributed by atoms with E-state index in [1.165, 1.54) is 38.6 Å². The second kappa shape index (κ2) is 15.0. The number of alkyl halides is 3. The number of benzene rings is 2. The van der Waals surface area contributed by atoms with Crippen molar-refractivity contribution in [1.29, 1.82) is 0 Å². The molecule has 57 heavy (non-hydrogen) atoms. The average Bonchev–Trinajstić information content (AvgIpc) is 4.01. The Balaban J connectivity index is 0.000000153. The number of halogens is 3. The topological polar surface area (TPSA) is 151 Å². The summed E-state index contributed by atoms with van der Waals surface area (Å²) in [5, 5.41) is 12.2. The lowest BCUT2D eigenvalue weighted by molar-refractivity contribution is -0.162. The maximum absolute atomic E-state index is 12.6. The maximum Gasteiger partial charge on any atom is 0.397 e. The minimum Gasteiger partial charge on any atom is -0.495 e. The minimum atomic E-state index is -4.51. The molecular weight excluding hydrogens is 778 g/mol. The van der Waals surface area contributed by atoms with Crippen LogP contribution in [-0.2, 0) is 43.8 Å². The normalized spacial score (nSPS) is 15.1. The molecule has 1 amide bonds. The smallest absolute Gasteiger partial charge is 0.397 e. The molecule has 0 unspecified atom stereocenters. The Kier molecular flexibility index (Phi) is 9.70. The van der Waals surface area contributed by atoms with E-state index < -0.39 is 18.5 Å². The number of fused-ring (bicyclic) bond motifs is 8. The highest BCUT2D eigenvalue weighted by molar-refractivity contribution is 7.19. The number of hydrogen-bond acceptors (Lipinski definition) is 14. The summed E-state index contributed by atoms with van der Waals surface area (Å²) in [6.45, 7) is 3.60. The van der Waals surface area contributed by atoms with Gasteiger partial charge in [0.15, 0.2) is 0 Å². The first-order valence-corrected chi connectivity index (χ1v) is 19.8. The Morgan fingerprint density at radius 1 is 0.807 bits per heavy atom. The fourth-order valence-electron chi connectivity index (χ4n) is 7.54. The number of thiophene rings is 2. The number of aliphatic imine (C=N–C) groups is 2. The molecule has 8 heterocycles. The molecule has 0 fully saturated rings. The number of methoxy groups -OCH3 is 2. The lowest BCUT2D eigenvalue weighted by Crippen LogP contribution is -2.37. The first-order valence-electron chi connectivity index (χ1n) is 18.2. The molecule has 0 aliphatic carbocycles. The molecule has 4 aromatic heterocycles. The second-order valence-corrected chi connectivity index (χ2v) is 16.0. The van der Waals surface area contributed by atoms with Crippen LogP contribution in [0, 0.1) is 0 Å². The minimum absolute atomic E-state index is 0.142. The molecule has 3 N–H and O–H groups in total. The van der Waals surface area contributed by atoms with Crippen LogP contribution in [0.15, 0.2) is 46.9 Å². The fraction of sp³-hybridized carbons (Fsp3) is 0.308. The number of nitrogens with one attached hydrogen (secondary N) is 3. The molecule has 0 radical (unpaired) electrons. The van der Waals surface area contributed by atoms with Crippen molar-refractivity contribution in [3.05, 3.63) is 80.1 Å². The third-order valence-electron chi connectivity index (χ3n) is 10.3. The summed E-state index contributed by atoms with van der Waals surface area (Å²) in [5.74, 6) is 2.00. The summed E-state index contributed by atoms with van der Waals surface area (Å²) < 4.78 is 49.0. The Labute approximate surface area is 332 Å². The van der Waals surface area contributed by atoms with Crippen LogP contribution in [0.5, 0.6) is 11.5 Å². The van der Waals surface area contributed by atoms with Crippen molar-refractivity contribution in [2.24, 2.45) is 9.98 Å². The molecule has 4 aliphatic rings. The van der Waals surface area contributed by atoms with Gasteiger partial charge in [-0.25, -0.2) is 19.9 Å². The highest BCUT2D eigenvalue weighted by Gasteiger charge is 2.35. The number of rotatable bonds is 7. The molecule has 0 saturated heterocycles. The van der Waals surface area contributed by atoms with Crippen molar-refractivity contribution < 1.29 is 27.4 Å². The van der Waals surface area contributed by atoms with E-state index in [-0.39, 0.29) is 13.1 Å². The number of amides is 1. The predicted octanol–water partition coefficient (Wildman–Crippen LogP) is 7.23. The van der Waals surface area contributed by atoms with Gasteiger partial charge in [-0.3, -0.25) is 14.8 Å². The third kappa shape index (κ3) is 7.23. The Morgan fingerprint density at radius 3 is 1.93 bits per heavy atom. The van der Waals surface area contributed by atoms with Gasteiger partial charge in [0.25, 0.3) is 0 Å². The van der Waals surface area contributed by atoms with Crippen LogP contribution in [0.4, 0.5) is 36.2 Å². The first-order chi connectivity index (χ1) is 27.7. The molecule has 0 saturated carbocycles. The van der Waals surface area contributed by atoms with E-state index in [2.05, 4.69) is 58.0 Å². The van der Waals surface area contributed by atoms with Gasteiger partial charge in [-0.15, -0.1) is 22.7 Å². The molecular formula is C39H35F3N10O3S2. The number of aromatic nitrogens is 4. The molecule has 2 aromatic carbocycles. The van der Waals surface area contributed by atoms with Crippen molar-refractivity contribution >= 4 is 84.5 Å². The summed E-state index contributed by atoms with van der Waals surface area (Å²) in [5.41, 5.74) is 8.37. The lowest BCUT2D eigenvalue weighted by atomic mass is 10.0. The summed E-state index contributed by atoms with van der Waals surface area (Å²) in [7, 11) is 3.29. The summed E-state index contributed by atoms with van der Waals surface area (Å²) in [6, 6.07) is 8.03. The number of ether oxygens (including phenoxy) is 2. The third-order valence-corrected chi connectivity index (χ3v) is 12.5. The highest BCUT2D eigenvalue weighted by Crippen LogP contribution is 2.41. The van der Waals surface area contributed by atoms with Crippen LogP contribution >= 0.6 is 22.7 Å². The van der Waals surface area contributed by atoms with Crippen molar-refractivity contribution in [2.75, 3.05) is 37.9 Å². The van der Waals surface area contributed by atoms with Gasteiger partial charge >= 0.3 is 6.18 Å². The zero-order valence-electron chi connectivity index (χ0n) is 30.8. The van der Waals surface area contributed by atoms with Crippen LogP contribution in [0.1, 0.15) is 49.6 Å². The largest absolute Gasteiger partial charge is 0.495 e. The van der Waals surface area contributed by atoms with Crippen molar-refractivity contribution in [3.63, 3.8) is 0 Å². The molecule has 6 aromatic rings. The number of carbonyl (C=O) groups is 1. The number of carbonyl (C=O) groups excluding carboxylic acids is 1. The zero-order chi connectivity index (χ0) is 39.3. The quantitative estimate of drug-likeness (QED) is 0.151. The van der Waals surface area contributed by atoms with Gasteiger partial charge in [-0.05, 0) is 77.0 Å².